The van der Waals surface area contributed by atoms with Gasteiger partial charge in [0.15, 0.2) is 5.78 Å². The number of amides is 1. The number of hydrogen-bond acceptors (Lipinski definition) is 4. The van der Waals surface area contributed by atoms with Crippen molar-refractivity contribution in [3.8, 4) is 5.75 Å². The lowest BCUT2D eigenvalue weighted by molar-refractivity contribution is -0.133. The molecule has 1 N–H and O–H groups in total. The Labute approximate surface area is 149 Å². The number of carbonyl (C=O) groups excluding carboxylic acids is 2. The van der Waals surface area contributed by atoms with Crippen molar-refractivity contribution >= 4 is 11.7 Å². The number of ether oxygens (including phenoxy) is 1. The Morgan fingerprint density at radius 2 is 1.84 bits per heavy atom. The standard InChI is InChI=1S/C20H28N2O3/c1-2-25-17-5-3-16(4-6-17)18(23)7-8-19(24)22-13-10-20(11-14-22)9-12-21-15-20/h3-6,21H,2,7-15H2,1H3. The molecule has 0 unspecified atom stereocenters. The van der Waals surface area contributed by atoms with Crippen LogP contribution in [0, 0.1) is 5.41 Å². The molecule has 3 rings (SSSR count). The van der Waals surface area contributed by atoms with Crippen LogP contribution in [0.5, 0.6) is 5.75 Å². The van der Waals surface area contributed by atoms with Crippen LogP contribution in [0.15, 0.2) is 24.3 Å². The fourth-order valence-electron chi connectivity index (χ4n) is 3.88. The molecule has 0 aromatic heterocycles. The third-order valence-corrected chi connectivity index (χ3v) is 5.56. The fourth-order valence-corrected chi connectivity index (χ4v) is 3.88. The maximum absolute atomic E-state index is 12.4. The van der Waals surface area contributed by atoms with Crippen molar-refractivity contribution in [3.63, 3.8) is 0 Å². The summed E-state index contributed by atoms with van der Waals surface area (Å²) < 4.78 is 5.38. The van der Waals surface area contributed by atoms with Crippen molar-refractivity contribution in [2.24, 2.45) is 5.41 Å². The van der Waals surface area contributed by atoms with Gasteiger partial charge in [-0.05, 0) is 62.4 Å². The van der Waals surface area contributed by atoms with Crippen molar-refractivity contribution in [3.05, 3.63) is 29.8 Å². The molecule has 2 aliphatic heterocycles. The monoisotopic (exact) mass is 344 g/mol. The number of likely N-dealkylation sites (tertiary alicyclic amines) is 1. The SMILES string of the molecule is CCOc1ccc(C(=O)CCC(=O)N2CCC3(CCNC3)CC2)cc1. The Morgan fingerprint density at radius 1 is 1.12 bits per heavy atom. The Morgan fingerprint density at radius 3 is 2.44 bits per heavy atom. The second-order valence-corrected chi connectivity index (χ2v) is 7.19. The van der Waals surface area contributed by atoms with Gasteiger partial charge >= 0.3 is 0 Å². The van der Waals surface area contributed by atoms with Crippen LogP contribution in [0.4, 0.5) is 0 Å². The molecule has 0 aliphatic carbocycles. The number of Topliss-reactive ketones (excluding diaryl/α,β-unsaturated/α-hetero) is 1. The fraction of sp³-hybridized carbons (Fsp3) is 0.600. The van der Waals surface area contributed by atoms with Crippen molar-refractivity contribution < 1.29 is 14.3 Å². The predicted octanol–water partition coefficient (Wildman–Crippen LogP) is 2.65. The summed E-state index contributed by atoms with van der Waals surface area (Å²) in [6, 6.07) is 7.15. The van der Waals surface area contributed by atoms with Gasteiger partial charge in [0.05, 0.1) is 6.61 Å². The molecule has 2 aliphatic rings. The molecule has 1 spiro atoms. The molecule has 1 amide bonds. The molecule has 136 valence electrons. The zero-order chi connectivity index (χ0) is 17.7. The first-order chi connectivity index (χ1) is 12.1. The number of benzene rings is 1. The highest BCUT2D eigenvalue weighted by Gasteiger charge is 2.37. The highest BCUT2D eigenvalue weighted by Crippen LogP contribution is 2.37. The topological polar surface area (TPSA) is 58.6 Å². The van der Waals surface area contributed by atoms with Gasteiger partial charge in [-0.25, -0.2) is 0 Å². The molecular weight excluding hydrogens is 316 g/mol. The number of ketones is 1. The molecule has 0 radical (unpaired) electrons. The molecule has 1 aromatic rings. The average Bonchev–Trinajstić information content (AvgIpc) is 3.09. The molecule has 2 heterocycles. The summed E-state index contributed by atoms with van der Waals surface area (Å²) in [5.74, 6) is 0.892. The lowest BCUT2D eigenvalue weighted by Crippen LogP contribution is -2.44. The summed E-state index contributed by atoms with van der Waals surface area (Å²) in [5.41, 5.74) is 1.06. The number of hydrogen-bond donors (Lipinski definition) is 1. The van der Waals surface area contributed by atoms with Crippen LogP contribution in [0.2, 0.25) is 0 Å². The van der Waals surface area contributed by atoms with Crippen LogP contribution in [0.25, 0.3) is 0 Å². The zero-order valence-electron chi connectivity index (χ0n) is 15.1. The summed E-state index contributed by atoms with van der Waals surface area (Å²) in [7, 11) is 0. The molecule has 25 heavy (non-hydrogen) atoms. The highest BCUT2D eigenvalue weighted by molar-refractivity contribution is 5.98. The first kappa shape index (κ1) is 17.9. The van der Waals surface area contributed by atoms with E-state index in [0.29, 0.717) is 24.0 Å². The van der Waals surface area contributed by atoms with E-state index in [4.69, 9.17) is 4.74 Å². The van der Waals surface area contributed by atoms with Crippen LogP contribution >= 0.6 is 0 Å². The second-order valence-electron chi connectivity index (χ2n) is 7.19. The molecule has 0 saturated carbocycles. The van der Waals surface area contributed by atoms with E-state index in [2.05, 4.69) is 5.32 Å². The first-order valence-electron chi connectivity index (χ1n) is 9.36. The van der Waals surface area contributed by atoms with E-state index in [0.717, 1.165) is 44.8 Å². The largest absolute Gasteiger partial charge is 0.494 e. The van der Waals surface area contributed by atoms with E-state index in [1.807, 2.05) is 11.8 Å². The van der Waals surface area contributed by atoms with E-state index in [1.54, 1.807) is 24.3 Å². The minimum absolute atomic E-state index is 0.0184. The maximum Gasteiger partial charge on any atom is 0.223 e. The van der Waals surface area contributed by atoms with Gasteiger partial charge in [0.1, 0.15) is 5.75 Å². The summed E-state index contributed by atoms with van der Waals surface area (Å²) in [6.07, 6.45) is 3.97. The third kappa shape index (κ3) is 4.40. The summed E-state index contributed by atoms with van der Waals surface area (Å²) in [4.78, 5) is 26.6. The van der Waals surface area contributed by atoms with Gasteiger partial charge in [-0.2, -0.15) is 0 Å². The molecule has 0 atom stereocenters. The summed E-state index contributed by atoms with van der Waals surface area (Å²) in [5, 5.41) is 3.44. The quantitative estimate of drug-likeness (QED) is 0.806. The van der Waals surface area contributed by atoms with E-state index in [-0.39, 0.29) is 18.1 Å². The number of carbonyl (C=O) groups is 2. The van der Waals surface area contributed by atoms with Crippen molar-refractivity contribution in [1.29, 1.82) is 0 Å². The van der Waals surface area contributed by atoms with Crippen LogP contribution in [0.3, 0.4) is 0 Å². The lowest BCUT2D eigenvalue weighted by atomic mass is 9.78. The smallest absolute Gasteiger partial charge is 0.223 e. The minimum Gasteiger partial charge on any atom is -0.494 e. The Hall–Kier alpha value is -1.88. The van der Waals surface area contributed by atoms with Gasteiger partial charge in [-0.3, -0.25) is 9.59 Å². The molecular formula is C20H28N2O3. The molecule has 5 heteroatoms. The predicted molar refractivity (Wildman–Crippen MR) is 96.9 cm³/mol. The van der Waals surface area contributed by atoms with Gasteiger partial charge in [0.2, 0.25) is 5.91 Å². The minimum atomic E-state index is 0.0184. The third-order valence-electron chi connectivity index (χ3n) is 5.56. The van der Waals surface area contributed by atoms with Crippen LogP contribution < -0.4 is 10.1 Å². The van der Waals surface area contributed by atoms with Gasteiger partial charge in [-0.1, -0.05) is 0 Å². The summed E-state index contributed by atoms with van der Waals surface area (Å²) in [6.45, 7) is 6.39. The van der Waals surface area contributed by atoms with E-state index >= 15 is 0 Å². The van der Waals surface area contributed by atoms with Crippen molar-refractivity contribution in [1.82, 2.24) is 10.2 Å². The highest BCUT2D eigenvalue weighted by atomic mass is 16.5. The van der Waals surface area contributed by atoms with Crippen molar-refractivity contribution in [2.45, 2.75) is 39.0 Å². The maximum atomic E-state index is 12.4. The van der Waals surface area contributed by atoms with Crippen LogP contribution in [-0.4, -0.2) is 49.4 Å². The molecule has 0 bridgehead atoms. The van der Waals surface area contributed by atoms with E-state index in [9.17, 15) is 9.59 Å². The Balaban J connectivity index is 1.45. The normalized spacial score (nSPS) is 19.2. The van der Waals surface area contributed by atoms with E-state index in [1.165, 1.54) is 6.42 Å². The summed E-state index contributed by atoms with van der Waals surface area (Å²) >= 11 is 0. The molecule has 2 saturated heterocycles. The van der Waals surface area contributed by atoms with Gasteiger partial charge in [0, 0.05) is 38.0 Å². The lowest BCUT2D eigenvalue weighted by Gasteiger charge is -2.38. The zero-order valence-corrected chi connectivity index (χ0v) is 15.1. The van der Waals surface area contributed by atoms with Crippen LogP contribution in [0.1, 0.15) is 49.4 Å². The first-order valence-corrected chi connectivity index (χ1v) is 9.36. The van der Waals surface area contributed by atoms with Gasteiger partial charge in [-0.15, -0.1) is 0 Å². The molecule has 1 aromatic carbocycles. The molecule has 5 nitrogen and oxygen atoms in total. The van der Waals surface area contributed by atoms with Crippen molar-refractivity contribution in [2.75, 3.05) is 32.8 Å². The number of piperidine rings is 1. The number of nitrogens with one attached hydrogen (secondary N) is 1. The number of rotatable bonds is 6. The average molecular weight is 344 g/mol. The van der Waals surface area contributed by atoms with Crippen LogP contribution in [-0.2, 0) is 4.79 Å². The number of nitrogens with zero attached hydrogens (tertiary/aromatic N) is 1. The Bertz CT molecular complexity index is 596. The Kier molecular flexibility index (Phi) is 5.74. The second kappa shape index (κ2) is 8.00. The van der Waals surface area contributed by atoms with Gasteiger partial charge < -0.3 is 15.0 Å². The van der Waals surface area contributed by atoms with Gasteiger partial charge in [0.25, 0.3) is 0 Å². The van der Waals surface area contributed by atoms with E-state index < -0.39 is 0 Å². The molecule has 2 fully saturated rings.